The standard InChI is InChI=1S/C98H77B2F4N5S/c1-68(100-88-52-29-31-54-90(88)109(80-48-26-11-27-49-80)93-66-84(67-94(96(93)100)110-60-59-98(102,103)104)107(81-57-55-72(56-58-81)70-33-12-4-13-34-70)82-50-32-41-75(61-82)71-35-14-5-15-36-71)69(2)105(97-85(73-37-16-6-17-38-73)62-76(101)63-86(97)74-39-18-7-19-40-74)91-64-83(106(77-42-20-8-21-43-77)78-44-22-9-23-45-78)65-92-95(91)99(3)87-51-28-30-53-89(87)108(92)79-46-24-10-25-47-79/h4-58,61-69H,59-60H2,1-3H3/t68-,69?/m1/s1. The Bertz CT molecular complexity index is 5640. The van der Waals surface area contributed by atoms with Gasteiger partial charge in [-0.25, -0.2) is 4.39 Å². The normalized spacial score (nSPS) is 12.8. The summed E-state index contributed by atoms with van der Waals surface area (Å²) in [6.07, 6.45) is -5.45. The summed E-state index contributed by atoms with van der Waals surface area (Å²) < 4.78 is 63.2. The SMILES string of the molecule is CB1c2ccccc2N(c2ccccc2)c2cc(N(c3ccccc3)c3ccccc3)cc(N(c3c(-c4ccccc4)cc(F)cc3-c3ccccc3)C(C)[C@@H](C)B3c4ccccc4N(c4ccccc4)c4cc(N(c5ccc(-c6ccccc6)cc5)c5cccc(-c6ccccc6)c5)cc(SCCC(F)(F)F)c43)c21. The molecule has 0 fully saturated rings. The highest BCUT2D eigenvalue weighted by Gasteiger charge is 2.46. The van der Waals surface area contributed by atoms with Gasteiger partial charge in [-0.2, -0.15) is 13.2 Å². The molecular formula is C98H77B2F4N5S. The lowest BCUT2D eigenvalue weighted by atomic mass is 9.31. The van der Waals surface area contributed by atoms with Crippen molar-refractivity contribution in [2.75, 3.05) is 30.3 Å². The maximum absolute atomic E-state index is 17.7. The molecule has 17 rings (SSSR count). The number of hydrogen-bond donors (Lipinski definition) is 0. The van der Waals surface area contributed by atoms with E-state index in [0.717, 1.165) is 140 Å². The van der Waals surface area contributed by atoms with E-state index in [1.165, 1.54) is 11.8 Å². The van der Waals surface area contributed by atoms with Gasteiger partial charge in [-0.1, -0.05) is 279 Å². The zero-order valence-corrected chi connectivity index (χ0v) is 62.0. The van der Waals surface area contributed by atoms with Gasteiger partial charge in [0.25, 0.3) is 0 Å². The summed E-state index contributed by atoms with van der Waals surface area (Å²) in [6, 6.07) is 129. The molecule has 0 amide bonds. The molecule has 2 aliphatic heterocycles. The monoisotopic (exact) mass is 1450 g/mol. The maximum atomic E-state index is 17.7. The first-order valence-corrected chi connectivity index (χ1v) is 38.6. The molecule has 15 aromatic carbocycles. The number of rotatable bonds is 20. The topological polar surface area (TPSA) is 16.2 Å². The van der Waals surface area contributed by atoms with E-state index in [0.29, 0.717) is 11.1 Å². The first-order valence-electron chi connectivity index (χ1n) is 37.6. The van der Waals surface area contributed by atoms with Gasteiger partial charge in [0.05, 0.1) is 17.8 Å². The fourth-order valence-corrected chi connectivity index (χ4v) is 17.7. The van der Waals surface area contributed by atoms with Gasteiger partial charge in [0.1, 0.15) is 5.82 Å². The third-order valence-electron chi connectivity index (χ3n) is 21.7. The van der Waals surface area contributed by atoms with Crippen LogP contribution in [-0.4, -0.2) is 31.4 Å². The molecule has 2 aliphatic rings. The van der Waals surface area contributed by atoms with Crippen molar-refractivity contribution in [3.8, 4) is 44.5 Å². The minimum atomic E-state index is -4.44. The molecule has 15 aromatic rings. The Balaban J connectivity index is 0.967. The predicted octanol–water partition coefficient (Wildman–Crippen LogP) is 25.5. The van der Waals surface area contributed by atoms with Crippen molar-refractivity contribution in [2.45, 2.75) is 50.0 Å². The molecule has 0 bridgehead atoms. The number of para-hydroxylation sites is 6. The largest absolute Gasteiger partial charge is 0.389 e. The van der Waals surface area contributed by atoms with Gasteiger partial charge in [0.15, 0.2) is 0 Å². The second-order valence-electron chi connectivity index (χ2n) is 28.4. The fourth-order valence-electron chi connectivity index (χ4n) is 16.6. The summed E-state index contributed by atoms with van der Waals surface area (Å²) in [4.78, 5) is 12.6. The lowest BCUT2D eigenvalue weighted by molar-refractivity contribution is -0.129. The van der Waals surface area contributed by atoms with E-state index in [-0.39, 0.29) is 18.3 Å². The Morgan fingerprint density at radius 3 is 1.29 bits per heavy atom. The molecule has 0 radical (unpaired) electrons. The molecule has 1 unspecified atom stereocenters. The number of hydrogen-bond acceptors (Lipinski definition) is 6. The number of anilines is 14. The van der Waals surface area contributed by atoms with E-state index < -0.39 is 31.2 Å². The fraction of sp³-hybridized carbons (Fsp3) is 0.0816. The lowest BCUT2D eigenvalue weighted by Crippen LogP contribution is -2.57. The van der Waals surface area contributed by atoms with Crippen LogP contribution in [0.1, 0.15) is 20.3 Å². The molecule has 0 saturated carbocycles. The highest BCUT2D eigenvalue weighted by molar-refractivity contribution is 7.99. The Hall–Kier alpha value is -12.5. The van der Waals surface area contributed by atoms with Crippen LogP contribution in [0.2, 0.25) is 12.6 Å². The molecule has 0 aliphatic carbocycles. The Labute approximate surface area is 646 Å². The molecule has 5 nitrogen and oxygen atoms in total. The number of benzene rings is 15. The minimum Gasteiger partial charge on any atom is -0.338 e. The third kappa shape index (κ3) is 13.8. The zero-order valence-electron chi connectivity index (χ0n) is 61.2. The number of nitrogens with zero attached hydrogens (tertiary/aromatic N) is 5. The summed E-state index contributed by atoms with van der Waals surface area (Å²) in [7, 11) is 0. The molecule has 0 saturated heterocycles. The van der Waals surface area contributed by atoms with Gasteiger partial charge >= 0.3 is 6.18 Å². The van der Waals surface area contributed by atoms with Gasteiger partial charge in [-0.15, -0.1) is 11.8 Å². The average Bonchev–Trinajstić information content (AvgIpc) is 0.716. The van der Waals surface area contributed by atoms with Gasteiger partial charge in [-0.05, 0) is 178 Å². The van der Waals surface area contributed by atoms with Crippen LogP contribution in [0.4, 0.5) is 97.2 Å². The maximum Gasteiger partial charge on any atom is 0.389 e. The van der Waals surface area contributed by atoms with Gasteiger partial charge in [0.2, 0.25) is 13.4 Å². The molecule has 2 heterocycles. The van der Waals surface area contributed by atoms with Crippen molar-refractivity contribution in [1.82, 2.24) is 0 Å². The van der Waals surface area contributed by atoms with Gasteiger partial charge in [-0.3, -0.25) is 0 Å². The first kappa shape index (κ1) is 70.5. The smallest absolute Gasteiger partial charge is 0.338 e. The lowest BCUT2D eigenvalue weighted by Gasteiger charge is -2.46. The van der Waals surface area contributed by atoms with Crippen molar-refractivity contribution < 1.29 is 17.6 Å². The second-order valence-corrected chi connectivity index (χ2v) is 29.5. The quantitative estimate of drug-likeness (QED) is 0.0426. The summed E-state index contributed by atoms with van der Waals surface area (Å²) in [5, 5.41) is 0. The molecule has 0 aromatic heterocycles. The van der Waals surface area contributed by atoms with Crippen LogP contribution in [0.25, 0.3) is 44.5 Å². The van der Waals surface area contributed by atoms with Crippen molar-refractivity contribution >= 4 is 127 Å². The molecule has 12 heteroatoms. The van der Waals surface area contributed by atoms with E-state index in [4.69, 9.17) is 0 Å². The highest BCUT2D eigenvalue weighted by Crippen LogP contribution is 2.53. The van der Waals surface area contributed by atoms with Crippen molar-refractivity contribution in [1.29, 1.82) is 0 Å². The number of halogens is 4. The van der Waals surface area contributed by atoms with Crippen LogP contribution in [0, 0.1) is 5.82 Å². The average molecular weight is 1450 g/mol. The minimum absolute atomic E-state index is 0.227. The number of thioether (sulfide) groups is 1. The Kier molecular flexibility index (Phi) is 19.6. The summed E-state index contributed by atoms with van der Waals surface area (Å²) in [6.45, 7) is 6.22. The van der Waals surface area contributed by atoms with Crippen LogP contribution in [0.5, 0.6) is 0 Å². The van der Waals surface area contributed by atoms with Crippen LogP contribution in [0.15, 0.2) is 381 Å². The van der Waals surface area contributed by atoms with Crippen LogP contribution in [-0.2, 0) is 0 Å². The number of alkyl halides is 3. The van der Waals surface area contributed by atoms with E-state index >= 15 is 17.6 Å². The van der Waals surface area contributed by atoms with E-state index in [2.05, 4.69) is 306 Å². The first-order chi connectivity index (χ1) is 53.9. The van der Waals surface area contributed by atoms with Crippen molar-refractivity contribution in [3.63, 3.8) is 0 Å². The van der Waals surface area contributed by atoms with Crippen LogP contribution >= 0.6 is 11.8 Å². The molecular weight excluding hydrogens is 1380 g/mol. The van der Waals surface area contributed by atoms with Crippen LogP contribution < -0.4 is 46.4 Å². The Morgan fingerprint density at radius 2 is 0.764 bits per heavy atom. The van der Waals surface area contributed by atoms with Gasteiger partial charge in [0, 0.05) is 96.1 Å². The molecule has 0 N–H and O–H groups in total. The second kappa shape index (κ2) is 30.6. The predicted molar refractivity (Wildman–Crippen MR) is 458 cm³/mol. The summed E-state index contributed by atoms with van der Waals surface area (Å²) in [5.74, 6) is -1.05. The van der Waals surface area contributed by atoms with Crippen molar-refractivity contribution in [3.05, 3.63) is 382 Å². The Morgan fingerprint density at radius 1 is 0.364 bits per heavy atom. The van der Waals surface area contributed by atoms with E-state index in [9.17, 15) is 0 Å². The molecule has 110 heavy (non-hydrogen) atoms. The van der Waals surface area contributed by atoms with E-state index in [1.54, 1.807) is 12.1 Å². The van der Waals surface area contributed by atoms with Crippen LogP contribution in [0.3, 0.4) is 0 Å². The third-order valence-corrected chi connectivity index (χ3v) is 22.8. The summed E-state index contributed by atoms with van der Waals surface area (Å²) >= 11 is 1.26. The zero-order chi connectivity index (χ0) is 74.8. The molecule has 2 atom stereocenters. The molecule has 534 valence electrons. The van der Waals surface area contributed by atoms with Crippen molar-refractivity contribution in [2.24, 2.45) is 0 Å². The molecule has 0 spiro atoms. The van der Waals surface area contributed by atoms with Gasteiger partial charge < -0.3 is 24.5 Å². The summed E-state index contributed by atoms with van der Waals surface area (Å²) in [5.41, 5.74) is 24.0. The highest BCUT2D eigenvalue weighted by atomic mass is 32.2. The number of fused-ring (bicyclic) bond motifs is 4. The van der Waals surface area contributed by atoms with E-state index in [1.807, 2.05) is 103 Å².